The van der Waals surface area contributed by atoms with Crippen molar-refractivity contribution >= 4 is 29.8 Å². The van der Waals surface area contributed by atoms with Crippen molar-refractivity contribution in [3.8, 4) is 5.75 Å². The second-order valence-corrected chi connectivity index (χ2v) is 6.43. The number of nitrogens with one attached hydrogen (secondary N) is 2. The molecule has 0 atom stereocenters. The normalized spacial score (nSPS) is 15.7. The van der Waals surface area contributed by atoms with E-state index < -0.39 is 0 Å². The lowest BCUT2D eigenvalue weighted by molar-refractivity contribution is -0.119. The van der Waals surface area contributed by atoms with Crippen LogP contribution in [0.25, 0.3) is 0 Å². The van der Waals surface area contributed by atoms with Crippen LogP contribution in [-0.2, 0) is 4.79 Å². The van der Waals surface area contributed by atoms with Crippen molar-refractivity contribution in [2.24, 2.45) is 4.99 Å². The highest BCUT2D eigenvalue weighted by Crippen LogP contribution is 2.26. The van der Waals surface area contributed by atoms with Gasteiger partial charge in [0.1, 0.15) is 17.7 Å². The van der Waals surface area contributed by atoms with Crippen LogP contribution in [0.1, 0.15) is 26.2 Å². The van der Waals surface area contributed by atoms with Gasteiger partial charge in [0.25, 0.3) is 0 Å². The molecule has 1 heterocycles. The molecule has 1 aliphatic rings. The van der Waals surface area contributed by atoms with Gasteiger partial charge in [-0.3, -0.25) is 10.1 Å². The predicted molar refractivity (Wildman–Crippen MR) is 106 cm³/mol. The third-order valence-electron chi connectivity index (χ3n) is 4.12. The van der Waals surface area contributed by atoms with Crippen molar-refractivity contribution in [1.29, 1.82) is 0 Å². The van der Waals surface area contributed by atoms with Gasteiger partial charge < -0.3 is 15.0 Å². The number of carbonyl (C=O) groups is 2. The summed E-state index contributed by atoms with van der Waals surface area (Å²) in [7, 11) is 1.56. The number of halogens is 1. The number of likely N-dealkylation sites (tertiary alicyclic amines) is 1. The van der Waals surface area contributed by atoms with Gasteiger partial charge in [0, 0.05) is 45.6 Å². The molecule has 0 aliphatic carbocycles. The molecule has 1 saturated heterocycles. The van der Waals surface area contributed by atoms with Crippen LogP contribution in [0.15, 0.2) is 41.2 Å². The summed E-state index contributed by atoms with van der Waals surface area (Å²) < 4.78 is 5.94. The number of rotatable bonds is 6. The van der Waals surface area contributed by atoms with Crippen molar-refractivity contribution in [1.82, 2.24) is 15.5 Å². The van der Waals surface area contributed by atoms with Crippen LogP contribution in [0.5, 0.6) is 5.75 Å². The number of ether oxygens (including phenoxy) is 1. The summed E-state index contributed by atoms with van der Waals surface area (Å²) in [4.78, 5) is 29.6. The summed E-state index contributed by atoms with van der Waals surface area (Å²) in [6, 6.07) is 7.13. The molecule has 0 aromatic heterocycles. The van der Waals surface area contributed by atoms with Crippen LogP contribution in [0.3, 0.4) is 0 Å². The molecule has 2 N–H and O–H groups in total. The van der Waals surface area contributed by atoms with Gasteiger partial charge in [-0.15, -0.1) is 0 Å². The Morgan fingerprint density at radius 2 is 2.04 bits per heavy atom. The van der Waals surface area contributed by atoms with Crippen molar-refractivity contribution in [3.05, 3.63) is 41.2 Å². The summed E-state index contributed by atoms with van der Waals surface area (Å²) >= 11 is 6.12. The maximum absolute atomic E-state index is 12.5. The Morgan fingerprint density at radius 3 is 2.67 bits per heavy atom. The van der Waals surface area contributed by atoms with Gasteiger partial charge in [-0.1, -0.05) is 23.7 Å². The van der Waals surface area contributed by atoms with Gasteiger partial charge in [0.05, 0.1) is 5.02 Å². The van der Waals surface area contributed by atoms with Gasteiger partial charge in [-0.25, -0.2) is 9.79 Å². The Bertz CT molecular complexity index is 713. The molecule has 0 unspecified atom stereocenters. The average molecular weight is 393 g/mol. The smallest absolute Gasteiger partial charge is 0.323 e. The quantitative estimate of drug-likeness (QED) is 0.730. The molecule has 146 valence electrons. The molecule has 1 aromatic rings. The van der Waals surface area contributed by atoms with Crippen LogP contribution in [0.2, 0.25) is 5.02 Å². The molecule has 0 radical (unpaired) electrons. The minimum absolute atomic E-state index is 0.0193. The lowest BCUT2D eigenvalue weighted by Gasteiger charge is -2.32. The van der Waals surface area contributed by atoms with E-state index in [1.807, 2.05) is 18.2 Å². The number of aliphatic imine (C=N–C) groups is 1. The van der Waals surface area contributed by atoms with Crippen LogP contribution < -0.4 is 15.4 Å². The summed E-state index contributed by atoms with van der Waals surface area (Å²) in [6.45, 7) is 2.89. The lowest BCUT2D eigenvalue weighted by Crippen LogP contribution is -2.46. The highest BCUT2D eigenvalue weighted by atomic mass is 35.5. The first kappa shape index (κ1) is 20.8. The van der Waals surface area contributed by atoms with Gasteiger partial charge in [0.2, 0.25) is 5.91 Å². The molecule has 1 aromatic carbocycles. The van der Waals surface area contributed by atoms with Crippen LogP contribution in [0.4, 0.5) is 4.79 Å². The fourth-order valence-corrected chi connectivity index (χ4v) is 2.83. The second kappa shape index (κ2) is 10.6. The zero-order valence-corrected chi connectivity index (χ0v) is 16.3. The SMILES string of the molecule is CC=N/C(=C\CC(=O)NC)NC(=O)N1CCC(Oc2ccccc2Cl)CC1. The van der Waals surface area contributed by atoms with E-state index in [0.717, 1.165) is 0 Å². The number of amides is 3. The van der Waals surface area contributed by atoms with Gasteiger partial charge in [-0.2, -0.15) is 0 Å². The molecule has 1 aliphatic heterocycles. The van der Waals surface area contributed by atoms with E-state index in [2.05, 4.69) is 15.6 Å². The molecule has 27 heavy (non-hydrogen) atoms. The van der Waals surface area contributed by atoms with E-state index in [4.69, 9.17) is 16.3 Å². The first-order chi connectivity index (χ1) is 13.0. The molecule has 0 bridgehead atoms. The van der Waals surface area contributed by atoms with E-state index in [9.17, 15) is 9.59 Å². The fourth-order valence-electron chi connectivity index (χ4n) is 2.65. The Hall–Kier alpha value is -2.54. The maximum atomic E-state index is 12.5. The zero-order valence-electron chi connectivity index (χ0n) is 15.6. The third-order valence-corrected chi connectivity index (χ3v) is 4.43. The number of piperidine rings is 1. The zero-order chi connectivity index (χ0) is 19.6. The highest BCUT2D eigenvalue weighted by Gasteiger charge is 2.24. The topological polar surface area (TPSA) is 83.0 Å². The van der Waals surface area contributed by atoms with Crippen molar-refractivity contribution in [2.45, 2.75) is 32.3 Å². The summed E-state index contributed by atoms with van der Waals surface area (Å²) in [5, 5.41) is 5.86. The largest absolute Gasteiger partial charge is 0.489 e. The Kier molecular flexibility index (Phi) is 8.13. The lowest BCUT2D eigenvalue weighted by atomic mass is 10.1. The molecular weight excluding hydrogens is 368 g/mol. The number of hydrogen-bond donors (Lipinski definition) is 2. The summed E-state index contributed by atoms with van der Waals surface area (Å²) in [5.41, 5.74) is 0. The Morgan fingerprint density at radius 1 is 1.33 bits per heavy atom. The molecular formula is C19H25ClN4O3. The molecule has 1 fully saturated rings. The number of nitrogens with zero attached hydrogens (tertiary/aromatic N) is 2. The highest BCUT2D eigenvalue weighted by molar-refractivity contribution is 6.32. The van der Waals surface area contributed by atoms with Crippen molar-refractivity contribution in [2.75, 3.05) is 20.1 Å². The predicted octanol–water partition coefficient (Wildman–Crippen LogP) is 2.96. The molecule has 0 saturated carbocycles. The minimum Gasteiger partial charge on any atom is -0.489 e. The first-order valence-corrected chi connectivity index (χ1v) is 9.27. The minimum atomic E-state index is -0.236. The maximum Gasteiger partial charge on any atom is 0.323 e. The fraction of sp³-hybridized carbons (Fsp3) is 0.421. The van der Waals surface area contributed by atoms with Crippen LogP contribution in [0, 0.1) is 0 Å². The van der Waals surface area contributed by atoms with E-state index in [1.54, 1.807) is 37.2 Å². The van der Waals surface area contributed by atoms with E-state index in [0.29, 0.717) is 42.5 Å². The number of hydrogen-bond acceptors (Lipinski definition) is 4. The first-order valence-electron chi connectivity index (χ1n) is 8.90. The van der Waals surface area contributed by atoms with Crippen LogP contribution >= 0.6 is 11.6 Å². The molecule has 8 heteroatoms. The Labute approximate surface area is 164 Å². The second-order valence-electron chi connectivity index (χ2n) is 6.02. The number of benzene rings is 1. The van der Waals surface area contributed by atoms with Gasteiger partial charge >= 0.3 is 6.03 Å². The van der Waals surface area contributed by atoms with Crippen LogP contribution in [-0.4, -0.2) is 49.3 Å². The molecule has 3 amide bonds. The van der Waals surface area contributed by atoms with E-state index in [1.165, 1.54) is 0 Å². The average Bonchev–Trinajstić information content (AvgIpc) is 2.68. The standard InChI is InChI=1S/C19H25ClN4O3/c1-3-22-17(8-9-18(25)21-2)23-19(26)24-12-10-14(11-13-24)27-16-7-5-4-6-15(16)20/h3-8,14H,9-13H2,1-2H3,(H,21,25)(H,23,26)/b17-8+,22-3?. The van der Waals surface area contributed by atoms with Gasteiger partial charge in [-0.05, 0) is 25.1 Å². The monoisotopic (exact) mass is 392 g/mol. The van der Waals surface area contributed by atoms with E-state index >= 15 is 0 Å². The Balaban J connectivity index is 1.86. The van der Waals surface area contributed by atoms with E-state index in [-0.39, 0.29) is 24.5 Å². The summed E-state index contributed by atoms with van der Waals surface area (Å²) in [6.07, 6.45) is 4.76. The molecule has 2 rings (SSSR count). The van der Waals surface area contributed by atoms with Crippen molar-refractivity contribution < 1.29 is 14.3 Å². The number of carbonyl (C=O) groups excluding carboxylic acids is 2. The van der Waals surface area contributed by atoms with Crippen molar-refractivity contribution in [3.63, 3.8) is 0 Å². The number of para-hydroxylation sites is 1. The van der Waals surface area contributed by atoms with Gasteiger partial charge in [0.15, 0.2) is 0 Å². The number of urea groups is 1. The third kappa shape index (κ3) is 6.60. The molecule has 7 nitrogen and oxygen atoms in total. The summed E-state index contributed by atoms with van der Waals surface area (Å²) in [5.74, 6) is 0.880. The molecule has 0 spiro atoms.